The van der Waals surface area contributed by atoms with Crippen LogP contribution in [0.25, 0.3) is 0 Å². The van der Waals surface area contributed by atoms with Gasteiger partial charge in [-0.05, 0) is 13.8 Å². The summed E-state index contributed by atoms with van der Waals surface area (Å²) in [4.78, 5) is 21.6. The summed E-state index contributed by atoms with van der Waals surface area (Å²) in [6.07, 6.45) is 0. The van der Waals surface area contributed by atoms with Gasteiger partial charge in [-0.25, -0.2) is 0 Å². The molecule has 0 aliphatic carbocycles. The summed E-state index contributed by atoms with van der Waals surface area (Å²) in [7, 11) is 0. The maximum Gasteiger partial charge on any atom is 0.239 e. The Hall–Kier alpha value is -0.510. The van der Waals surface area contributed by atoms with Gasteiger partial charge < -0.3 is 0 Å². The normalized spacial score (nSPS) is 33.8. The van der Waals surface area contributed by atoms with Crippen LogP contribution in [0.2, 0.25) is 0 Å². The van der Waals surface area contributed by atoms with Crippen molar-refractivity contribution in [1.82, 2.24) is 5.32 Å². The van der Waals surface area contributed by atoms with E-state index in [9.17, 15) is 9.59 Å². The zero-order valence-electron chi connectivity index (χ0n) is 5.88. The monoisotopic (exact) mass is 159 g/mol. The second-order valence-corrected chi connectivity index (χ2v) is 3.96. The van der Waals surface area contributed by atoms with Crippen LogP contribution in [0.3, 0.4) is 0 Å². The highest BCUT2D eigenvalue weighted by molar-refractivity contribution is 8.02. The Morgan fingerprint density at radius 1 is 1.20 bits per heavy atom. The van der Waals surface area contributed by atoms with Crippen molar-refractivity contribution in [3.05, 3.63) is 0 Å². The molecule has 0 bridgehead atoms. The zero-order chi connectivity index (χ0) is 7.72. The summed E-state index contributed by atoms with van der Waals surface area (Å²) in [5, 5.41) is 2.10. The van der Waals surface area contributed by atoms with Gasteiger partial charge in [0.2, 0.25) is 11.8 Å². The number of carbonyl (C=O) groups is 2. The SMILES string of the molecule is C[C@H]1S[C@H](C)C(=O)NC1=O. The number of nitrogens with one attached hydrogen (secondary N) is 1. The van der Waals surface area contributed by atoms with Crippen LogP contribution in [0, 0.1) is 0 Å². The van der Waals surface area contributed by atoms with Crippen molar-refractivity contribution in [3.63, 3.8) is 0 Å². The first-order chi connectivity index (χ1) is 4.61. The maximum absolute atomic E-state index is 10.8. The lowest BCUT2D eigenvalue weighted by molar-refractivity contribution is -0.130. The van der Waals surface area contributed by atoms with Crippen molar-refractivity contribution in [1.29, 1.82) is 0 Å². The van der Waals surface area contributed by atoms with E-state index in [1.165, 1.54) is 11.8 Å². The molecule has 0 spiro atoms. The third kappa shape index (κ3) is 1.31. The van der Waals surface area contributed by atoms with E-state index < -0.39 is 0 Å². The molecule has 2 amide bonds. The Balaban J connectivity index is 2.63. The van der Waals surface area contributed by atoms with Gasteiger partial charge in [0, 0.05) is 0 Å². The van der Waals surface area contributed by atoms with Gasteiger partial charge in [0.1, 0.15) is 0 Å². The number of rotatable bonds is 0. The lowest BCUT2D eigenvalue weighted by atomic mass is 10.3. The molecule has 0 aromatic rings. The van der Waals surface area contributed by atoms with E-state index in [1.54, 1.807) is 13.8 Å². The molecule has 56 valence electrons. The van der Waals surface area contributed by atoms with Gasteiger partial charge in [-0.15, -0.1) is 11.8 Å². The summed E-state index contributed by atoms with van der Waals surface area (Å²) >= 11 is 1.40. The van der Waals surface area contributed by atoms with Crippen molar-refractivity contribution in [2.24, 2.45) is 0 Å². The van der Waals surface area contributed by atoms with Crippen LogP contribution >= 0.6 is 11.8 Å². The number of thioether (sulfide) groups is 1. The van der Waals surface area contributed by atoms with Crippen LogP contribution in [0.1, 0.15) is 13.8 Å². The van der Waals surface area contributed by atoms with Gasteiger partial charge in [0.05, 0.1) is 10.5 Å². The second-order valence-electron chi connectivity index (χ2n) is 2.27. The smallest absolute Gasteiger partial charge is 0.239 e. The number of carbonyl (C=O) groups excluding carboxylic acids is 2. The molecule has 4 heteroatoms. The molecular formula is C6H9NO2S. The van der Waals surface area contributed by atoms with E-state index in [2.05, 4.69) is 5.32 Å². The average molecular weight is 159 g/mol. The first kappa shape index (κ1) is 7.60. The molecule has 0 radical (unpaired) electrons. The molecule has 0 saturated carbocycles. The van der Waals surface area contributed by atoms with Gasteiger partial charge in [0.15, 0.2) is 0 Å². The molecular weight excluding hydrogens is 150 g/mol. The van der Waals surface area contributed by atoms with Crippen LogP contribution in [0.5, 0.6) is 0 Å². The molecule has 1 fully saturated rings. The Bertz CT molecular complexity index is 163. The largest absolute Gasteiger partial charge is 0.295 e. The molecule has 1 N–H and O–H groups in total. The standard InChI is InChI=1S/C6H9NO2S/c1-3-5(8)7-6(9)4(2)10-3/h3-4H,1-2H3,(H,7,8,9)/t3-,4-/m1/s1. The molecule has 0 unspecified atom stereocenters. The van der Waals surface area contributed by atoms with Gasteiger partial charge in [-0.3, -0.25) is 14.9 Å². The predicted molar refractivity (Wildman–Crippen MR) is 39.7 cm³/mol. The van der Waals surface area contributed by atoms with Crippen molar-refractivity contribution in [2.45, 2.75) is 24.3 Å². The van der Waals surface area contributed by atoms with Gasteiger partial charge >= 0.3 is 0 Å². The van der Waals surface area contributed by atoms with E-state index in [1.807, 2.05) is 0 Å². The molecule has 1 saturated heterocycles. The fourth-order valence-corrected chi connectivity index (χ4v) is 1.73. The fraction of sp³-hybridized carbons (Fsp3) is 0.667. The first-order valence-corrected chi connectivity index (χ1v) is 4.05. The number of imide groups is 1. The molecule has 1 aliphatic heterocycles. The molecule has 2 atom stereocenters. The molecule has 0 aromatic heterocycles. The summed E-state index contributed by atoms with van der Waals surface area (Å²) in [5.74, 6) is -0.346. The topological polar surface area (TPSA) is 46.2 Å². The Labute approximate surface area is 63.6 Å². The maximum atomic E-state index is 10.8. The van der Waals surface area contributed by atoms with Crippen LogP contribution < -0.4 is 5.32 Å². The van der Waals surface area contributed by atoms with Crippen molar-refractivity contribution < 1.29 is 9.59 Å². The fourth-order valence-electron chi connectivity index (χ4n) is 0.754. The minimum absolute atomic E-state index is 0.0901. The summed E-state index contributed by atoms with van der Waals surface area (Å²) in [6, 6.07) is 0. The van der Waals surface area contributed by atoms with Crippen LogP contribution in [-0.2, 0) is 9.59 Å². The Morgan fingerprint density at radius 2 is 1.60 bits per heavy atom. The minimum atomic E-state index is -0.173. The Kier molecular flexibility index (Phi) is 1.99. The molecule has 10 heavy (non-hydrogen) atoms. The van der Waals surface area contributed by atoms with Crippen LogP contribution in [-0.4, -0.2) is 22.3 Å². The molecule has 3 nitrogen and oxygen atoms in total. The van der Waals surface area contributed by atoms with Gasteiger partial charge in [0.25, 0.3) is 0 Å². The minimum Gasteiger partial charge on any atom is -0.295 e. The summed E-state index contributed by atoms with van der Waals surface area (Å²) in [5.41, 5.74) is 0. The highest BCUT2D eigenvalue weighted by atomic mass is 32.2. The van der Waals surface area contributed by atoms with Gasteiger partial charge in [-0.1, -0.05) is 0 Å². The highest BCUT2D eigenvalue weighted by Gasteiger charge is 2.28. The van der Waals surface area contributed by atoms with Crippen LogP contribution in [0.15, 0.2) is 0 Å². The first-order valence-electron chi connectivity index (χ1n) is 3.11. The lowest BCUT2D eigenvalue weighted by Crippen LogP contribution is -2.46. The van der Waals surface area contributed by atoms with Crippen molar-refractivity contribution in [2.75, 3.05) is 0 Å². The molecule has 1 rings (SSSR count). The quantitative estimate of drug-likeness (QED) is 0.512. The zero-order valence-corrected chi connectivity index (χ0v) is 6.70. The predicted octanol–water partition coefficient (Wildman–Crippen LogP) is 0.153. The summed E-state index contributed by atoms with van der Waals surface area (Å²) in [6.45, 7) is 3.59. The van der Waals surface area contributed by atoms with Crippen LogP contribution in [0.4, 0.5) is 0 Å². The average Bonchev–Trinajstić information content (AvgIpc) is 1.84. The van der Waals surface area contributed by atoms with Crippen molar-refractivity contribution >= 4 is 23.6 Å². The van der Waals surface area contributed by atoms with Gasteiger partial charge in [-0.2, -0.15) is 0 Å². The van der Waals surface area contributed by atoms with E-state index in [4.69, 9.17) is 0 Å². The van der Waals surface area contributed by atoms with E-state index in [-0.39, 0.29) is 22.3 Å². The molecule has 1 aliphatic rings. The summed E-state index contributed by atoms with van der Waals surface area (Å²) < 4.78 is 0. The molecule has 1 heterocycles. The molecule has 0 aromatic carbocycles. The third-order valence-electron chi connectivity index (χ3n) is 1.39. The highest BCUT2D eigenvalue weighted by Crippen LogP contribution is 2.21. The van der Waals surface area contributed by atoms with E-state index in [0.717, 1.165) is 0 Å². The second kappa shape index (κ2) is 2.62. The third-order valence-corrected chi connectivity index (χ3v) is 2.64. The number of amides is 2. The van der Waals surface area contributed by atoms with E-state index in [0.29, 0.717) is 0 Å². The number of hydrogen-bond acceptors (Lipinski definition) is 3. The number of hydrogen-bond donors (Lipinski definition) is 1. The lowest BCUT2D eigenvalue weighted by Gasteiger charge is -2.21. The Morgan fingerprint density at radius 3 is 1.90 bits per heavy atom. The van der Waals surface area contributed by atoms with Crippen molar-refractivity contribution in [3.8, 4) is 0 Å². The van der Waals surface area contributed by atoms with E-state index >= 15 is 0 Å².